The molecule has 0 aliphatic heterocycles. The Morgan fingerprint density at radius 1 is 0.386 bits per heavy atom. The zero-order valence-electron chi connectivity index (χ0n) is 30.4. The molecule has 6 heteroatoms. The number of fused-ring (bicyclic) bond motifs is 9. The molecule has 0 aliphatic carbocycles. The average Bonchev–Trinajstić information content (AvgIpc) is 3.95. The summed E-state index contributed by atoms with van der Waals surface area (Å²) in [7, 11) is 0. The molecular weight excluding hydrogens is 717 g/mol. The summed E-state index contributed by atoms with van der Waals surface area (Å²) < 4.78 is 11.5. The summed E-state index contributed by atoms with van der Waals surface area (Å²) in [6, 6.07) is 63.9. The Labute approximate surface area is 330 Å². The topological polar surface area (TPSA) is 56.7 Å². The molecule has 5 nitrogen and oxygen atoms in total. The fourth-order valence-electron chi connectivity index (χ4n) is 8.41. The first-order valence-electron chi connectivity index (χ1n) is 19.0. The molecule has 4 heterocycles. The van der Waals surface area contributed by atoms with E-state index in [-0.39, 0.29) is 0 Å². The molecule has 0 saturated carbocycles. The standard InChI is InChI=1S/C51H30N4OS/c1-3-12-31(13-4-1)49-52-50(32-14-5-2-6-15-32)54-51(53-49)39-18-11-20-45-48(39)41-29-34(23-27-44(41)56-45)33-22-26-43-40(28-33)36-16-7-9-19-42(36)55(43)35-24-25-38-37-17-8-10-21-46(37)57-47(38)30-35/h1-30H. The summed E-state index contributed by atoms with van der Waals surface area (Å²) in [4.78, 5) is 15.1. The molecule has 12 rings (SSSR count). The van der Waals surface area contributed by atoms with Gasteiger partial charge in [-0.1, -0.05) is 127 Å². The molecule has 57 heavy (non-hydrogen) atoms. The van der Waals surface area contributed by atoms with Gasteiger partial charge in [-0.25, -0.2) is 15.0 Å². The summed E-state index contributed by atoms with van der Waals surface area (Å²) >= 11 is 1.85. The quantitative estimate of drug-likeness (QED) is 0.176. The number of thiophene rings is 1. The van der Waals surface area contributed by atoms with E-state index in [2.05, 4.69) is 114 Å². The van der Waals surface area contributed by atoms with Gasteiger partial charge in [0.15, 0.2) is 17.5 Å². The highest BCUT2D eigenvalue weighted by Crippen LogP contribution is 2.41. The Hall–Kier alpha value is -7.41. The van der Waals surface area contributed by atoms with E-state index in [1.165, 1.54) is 42.0 Å². The van der Waals surface area contributed by atoms with Crippen LogP contribution in [0.1, 0.15) is 0 Å². The van der Waals surface area contributed by atoms with Crippen LogP contribution >= 0.6 is 11.3 Å². The maximum Gasteiger partial charge on any atom is 0.164 e. The molecular formula is C51H30N4OS. The van der Waals surface area contributed by atoms with E-state index in [9.17, 15) is 0 Å². The van der Waals surface area contributed by atoms with Gasteiger partial charge in [0.25, 0.3) is 0 Å². The number of benzene rings is 8. The summed E-state index contributed by atoms with van der Waals surface area (Å²) in [6.45, 7) is 0. The molecule has 0 bridgehead atoms. The van der Waals surface area contributed by atoms with Gasteiger partial charge in [-0.05, 0) is 65.7 Å². The molecule has 0 aliphatic rings. The zero-order chi connectivity index (χ0) is 37.5. The monoisotopic (exact) mass is 746 g/mol. The fraction of sp³-hybridized carbons (Fsp3) is 0. The highest BCUT2D eigenvalue weighted by Gasteiger charge is 2.19. The number of rotatable bonds is 5. The Bertz CT molecular complexity index is 3470. The molecule has 0 atom stereocenters. The Balaban J connectivity index is 1.02. The SMILES string of the molecule is c1ccc(-c2nc(-c3ccccc3)nc(-c3cccc4oc5ccc(-c6ccc7c(c6)c6ccccc6n7-c6ccc7c(c6)sc6ccccc67)cc5c34)n2)cc1. The molecule has 0 radical (unpaired) electrons. The predicted molar refractivity (Wildman–Crippen MR) is 236 cm³/mol. The normalized spacial score (nSPS) is 11.9. The Kier molecular flexibility index (Phi) is 7.03. The second-order valence-corrected chi connectivity index (χ2v) is 15.5. The van der Waals surface area contributed by atoms with Crippen LogP contribution in [0, 0.1) is 0 Å². The number of furan rings is 1. The minimum atomic E-state index is 0.601. The van der Waals surface area contributed by atoms with Gasteiger partial charge in [-0.15, -0.1) is 11.3 Å². The molecule has 4 aromatic heterocycles. The lowest BCUT2D eigenvalue weighted by molar-refractivity contribution is 0.669. The molecule has 0 amide bonds. The number of hydrogen-bond donors (Lipinski definition) is 0. The second kappa shape index (κ2) is 12.6. The van der Waals surface area contributed by atoms with Crippen LogP contribution < -0.4 is 0 Å². The summed E-state index contributed by atoms with van der Waals surface area (Å²) in [6.07, 6.45) is 0. The van der Waals surface area contributed by atoms with E-state index in [4.69, 9.17) is 19.4 Å². The maximum absolute atomic E-state index is 6.49. The van der Waals surface area contributed by atoms with Gasteiger partial charge in [0.1, 0.15) is 11.2 Å². The van der Waals surface area contributed by atoms with Gasteiger partial charge in [0, 0.05) is 64.1 Å². The maximum atomic E-state index is 6.49. The van der Waals surface area contributed by atoms with E-state index in [0.717, 1.165) is 55.4 Å². The predicted octanol–water partition coefficient (Wildman–Crippen LogP) is 13.9. The van der Waals surface area contributed by atoms with E-state index in [1.807, 2.05) is 84.1 Å². The first kappa shape index (κ1) is 31.9. The molecule has 0 fully saturated rings. The third kappa shape index (κ3) is 5.12. The van der Waals surface area contributed by atoms with Crippen LogP contribution in [0.5, 0.6) is 0 Å². The van der Waals surface area contributed by atoms with Crippen molar-refractivity contribution in [2.24, 2.45) is 0 Å². The van der Waals surface area contributed by atoms with Gasteiger partial charge >= 0.3 is 0 Å². The molecule has 0 saturated heterocycles. The van der Waals surface area contributed by atoms with Crippen molar-refractivity contribution in [3.05, 3.63) is 182 Å². The fourth-order valence-corrected chi connectivity index (χ4v) is 9.55. The molecule has 12 aromatic rings. The van der Waals surface area contributed by atoms with Crippen LogP contribution in [0.15, 0.2) is 186 Å². The van der Waals surface area contributed by atoms with Crippen LogP contribution in [0.3, 0.4) is 0 Å². The summed E-state index contributed by atoms with van der Waals surface area (Å²) in [5.74, 6) is 1.85. The van der Waals surface area contributed by atoms with Gasteiger partial charge in [-0.2, -0.15) is 0 Å². The van der Waals surface area contributed by atoms with Crippen LogP contribution in [-0.4, -0.2) is 19.5 Å². The lowest BCUT2D eigenvalue weighted by Crippen LogP contribution is -2.00. The highest BCUT2D eigenvalue weighted by atomic mass is 32.1. The minimum absolute atomic E-state index is 0.601. The van der Waals surface area contributed by atoms with Gasteiger partial charge in [0.05, 0.1) is 11.0 Å². The van der Waals surface area contributed by atoms with Crippen molar-refractivity contribution in [1.29, 1.82) is 0 Å². The van der Waals surface area contributed by atoms with Crippen molar-refractivity contribution in [3.8, 4) is 51.0 Å². The molecule has 0 unspecified atom stereocenters. The lowest BCUT2D eigenvalue weighted by atomic mass is 9.99. The van der Waals surface area contributed by atoms with Crippen LogP contribution in [0.4, 0.5) is 0 Å². The molecule has 0 N–H and O–H groups in total. The van der Waals surface area contributed by atoms with Crippen molar-refractivity contribution in [2.75, 3.05) is 0 Å². The lowest BCUT2D eigenvalue weighted by Gasteiger charge is -2.09. The molecule has 266 valence electrons. The van der Waals surface area contributed by atoms with Crippen molar-refractivity contribution in [2.45, 2.75) is 0 Å². The average molecular weight is 747 g/mol. The van der Waals surface area contributed by atoms with E-state index < -0.39 is 0 Å². The number of nitrogens with zero attached hydrogens (tertiary/aromatic N) is 4. The second-order valence-electron chi connectivity index (χ2n) is 14.4. The first-order valence-corrected chi connectivity index (χ1v) is 19.8. The van der Waals surface area contributed by atoms with E-state index in [1.54, 1.807) is 0 Å². The van der Waals surface area contributed by atoms with Crippen LogP contribution in [0.2, 0.25) is 0 Å². The Morgan fingerprint density at radius 2 is 1.02 bits per heavy atom. The zero-order valence-corrected chi connectivity index (χ0v) is 31.2. The van der Waals surface area contributed by atoms with Crippen molar-refractivity contribution < 1.29 is 4.42 Å². The number of hydrogen-bond acceptors (Lipinski definition) is 5. The third-order valence-electron chi connectivity index (χ3n) is 11.1. The van der Waals surface area contributed by atoms with E-state index in [0.29, 0.717) is 17.5 Å². The van der Waals surface area contributed by atoms with Crippen LogP contribution in [0.25, 0.3) is 115 Å². The Morgan fingerprint density at radius 3 is 1.81 bits per heavy atom. The smallest absolute Gasteiger partial charge is 0.164 e. The van der Waals surface area contributed by atoms with Gasteiger partial charge < -0.3 is 8.98 Å². The summed E-state index contributed by atoms with van der Waals surface area (Å²) in [5, 5.41) is 7.04. The van der Waals surface area contributed by atoms with Gasteiger partial charge in [0.2, 0.25) is 0 Å². The van der Waals surface area contributed by atoms with Gasteiger partial charge in [-0.3, -0.25) is 0 Å². The van der Waals surface area contributed by atoms with E-state index >= 15 is 0 Å². The third-order valence-corrected chi connectivity index (χ3v) is 12.2. The number of aromatic nitrogens is 4. The first-order chi connectivity index (χ1) is 28.2. The molecule has 0 spiro atoms. The van der Waals surface area contributed by atoms with Crippen molar-refractivity contribution in [1.82, 2.24) is 19.5 Å². The highest BCUT2D eigenvalue weighted by molar-refractivity contribution is 7.25. The van der Waals surface area contributed by atoms with Crippen molar-refractivity contribution >= 4 is 75.3 Å². The number of para-hydroxylation sites is 1. The molecule has 8 aromatic carbocycles. The summed E-state index contributed by atoms with van der Waals surface area (Å²) in [5.41, 5.74) is 10.1. The van der Waals surface area contributed by atoms with Crippen LogP contribution in [-0.2, 0) is 0 Å². The minimum Gasteiger partial charge on any atom is -0.456 e. The van der Waals surface area contributed by atoms with Crippen molar-refractivity contribution in [3.63, 3.8) is 0 Å². The largest absolute Gasteiger partial charge is 0.456 e.